The number of thioether (sulfide) groups is 1. The van der Waals surface area contributed by atoms with Crippen molar-refractivity contribution < 1.29 is 14.4 Å². The van der Waals surface area contributed by atoms with Crippen LogP contribution in [0.25, 0.3) is 12.2 Å². The largest absolute Gasteiger partial charge is 0.351 e. The van der Waals surface area contributed by atoms with E-state index in [9.17, 15) is 14.4 Å². The molecule has 3 aromatic rings. The number of hydrogen-bond acceptors (Lipinski definition) is 5. The van der Waals surface area contributed by atoms with Crippen LogP contribution in [0.4, 0.5) is 5.69 Å². The van der Waals surface area contributed by atoms with Gasteiger partial charge in [-0.3, -0.25) is 14.4 Å². The summed E-state index contributed by atoms with van der Waals surface area (Å²) < 4.78 is 0. The Morgan fingerprint density at radius 1 is 1.14 bits per heavy atom. The van der Waals surface area contributed by atoms with E-state index in [1.165, 1.54) is 16.9 Å². The van der Waals surface area contributed by atoms with Crippen molar-refractivity contribution in [3.8, 4) is 0 Å². The summed E-state index contributed by atoms with van der Waals surface area (Å²) in [6.07, 6.45) is 4.71. The van der Waals surface area contributed by atoms with Crippen LogP contribution >= 0.6 is 23.1 Å². The minimum Gasteiger partial charge on any atom is -0.351 e. The second-order valence-electron chi connectivity index (χ2n) is 9.24. The van der Waals surface area contributed by atoms with Crippen LogP contribution in [0, 0.1) is 0 Å². The first-order valence-electron chi connectivity index (χ1n) is 12.4. The second-order valence-corrected chi connectivity index (χ2v) is 11.5. The number of benzene rings is 2. The van der Waals surface area contributed by atoms with E-state index in [-0.39, 0.29) is 23.8 Å². The summed E-state index contributed by atoms with van der Waals surface area (Å²) in [4.78, 5) is 41.5. The van der Waals surface area contributed by atoms with E-state index in [1.54, 1.807) is 11.0 Å². The molecule has 6 nitrogen and oxygen atoms in total. The Morgan fingerprint density at radius 2 is 1.92 bits per heavy atom. The van der Waals surface area contributed by atoms with Gasteiger partial charge in [0.05, 0.1) is 17.7 Å². The van der Waals surface area contributed by atoms with E-state index >= 15 is 0 Å². The standard InChI is InChI=1S/C29H29N3O3S2/c1-2-36-18-21-9-6-19(7-10-21)5-8-20-11-12-25-24(14-20)29(35)32-17-22(15-26(32)28(34)31-25)30-27(33)16-23-4-3-13-37-23/h3-14,22,26H,2,15-18H2,1H3,(H,30,33)(H,31,34)/b8-5+/t22-,26-/m0/s1. The number of anilines is 1. The molecule has 5 rings (SSSR count). The fourth-order valence-electron chi connectivity index (χ4n) is 4.72. The van der Waals surface area contributed by atoms with Crippen LogP contribution in [0.15, 0.2) is 60.0 Å². The molecule has 0 spiro atoms. The highest BCUT2D eigenvalue weighted by Crippen LogP contribution is 2.30. The number of carbonyl (C=O) groups excluding carboxylic acids is 3. The summed E-state index contributed by atoms with van der Waals surface area (Å²) in [5, 5.41) is 7.86. The zero-order valence-corrected chi connectivity index (χ0v) is 22.2. The Labute approximate surface area is 225 Å². The summed E-state index contributed by atoms with van der Waals surface area (Å²) in [5.41, 5.74) is 4.26. The molecule has 3 amide bonds. The average molecular weight is 532 g/mol. The molecule has 190 valence electrons. The first-order valence-corrected chi connectivity index (χ1v) is 14.5. The van der Waals surface area contributed by atoms with Crippen LogP contribution in [0.2, 0.25) is 0 Å². The van der Waals surface area contributed by atoms with Gasteiger partial charge in [-0.2, -0.15) is 11.8 Å². The van der Waals surface area contributed by atoms with Crippen molar-refractivity contribution in [3.05, 3.63) is 87.1 Å². The number of fused-ring (bicyclic) bond motifs is 2. The third-order valence-corrected chi connectivity index (χ3v) is 8.42. The maximum atomic E-state index is 13.5. The van der Waals surface area contributed by atoms with Gasteiger partial charge in [0.25, 0.3) is 5.91 Å². The third-order valence-electron chi connectivity index (χ3n) is 6.60. The number of thiophene rings is 1. The molecule has 2 aromatic carbocycles. The van der Waals surface area contributed by atoms with Gasteiger partial charge in [-0.05, 0) is 52.4 Å². The maximum Gasteiger partial charge on any atom is 0.256 e. The predicted molar refractivity (Wildman–Crippen MR) is 152 cm³/mol. The number of rotatable bonds is 8. The molecule has 2 N–H and O–H groups in total. The van der Waals surface area contributed by atoms with Gasteiger partial charge in [0, 0.05) is 23.2 Å². The molecule has 0 aliphatic carbocycles. The van der Waals surface area contributed by atoms with Gasteiger partial charge in [0.1, 0.15) is 6.04 Å². The molecule has 1 saturated heterocycles. The van der Waals surface area contributed by atoms with Crippen LogP contribution in [0.5, 0.6) is 0 Å². The van der Waals surface area contributed by atoms with Gasteiger partial charge >= 0.3 is 0 Å². The molecule has 3 heterocycles. The van der Waals surface area contributed by atoms with Gasteiger partial charge in [-0.15, -0.1) is 11.3 Å². The number of nitrogens with zero attached hydrogens (tertiary/aromatic N) is 1. The molecule has 1 fully saturated rings. The van der Waals surface area contributed by atoms with Crippen LogP contribution in [0.3, 0.4) is 0 Å². The van der Waals surface area contributed by atoms with Gasteiger partial charge in [-0.1, -0.05) is 55.5 Å². The van der Waals surface area contributed by atoms with Gasteiger partial charge in [-0.25, -0.2) is 0 Å². The van der Waals surface area contributed by atoms with E-state index in [4.69, 9.17) is 0 Å². The lowest BCUT2D eigenvalue weighted by atomic mass is 10.1. The zero-order chi connectivity index (χ0) is 25.8. The highest BCUT2D eigenvalue weighted by atomic mass is 32.2. The molecule has 0 radical (unpaired) electrons. The van der Waals surface area contributed by atoms with E-state index in [2.05, 4.69) is 41.8 Å². The lowest BCUT2D eigenvalue weighted by Gasteiger charge is -2.20. The fourth-order valence-corrected chi connectivity index (χ4v) is 6.06. The summed E-state index contributed by atoms with van der Waals surface area (Å²) in [6.45, 7) is 2.47. The Hall–Kier alpha value is -3.36. The summed E-state index contributed by atoms with van der Waals surface area (Å²) in [7, 11) is 0. The normalized spacial score (nSPS) is 18.9. The highest BCUT2D eigenvalue weighted by Gasteiger charge is 2.43. The third kappa shape index (κ3) is 5.97. The van der Waals surface area contributed by atoms with E-state index < -0.39 is 6.04 Å². The van der Waals surface area contributed by atoms with Crippen molar-refractivity contribution in [1.82, 2.24) is 10.2 Å². The van der Waals surface area contributed by atoms with Crippen molar-refractivity contribution in [3.63, 3.8) is 0 Å². The monoisotopic (exact) mass is 531 g/mol. The molecule has 8 heteroatoms. The Morgan fingerprint density at radius 3 is 2.68 bits per heavy atom. The minimum atomic E-state index is -0.602. The smallest absolute Gasteiger partial charge is 0.256 e. The SMILES string of the molecule is CCSCc1ccc(/C=C/c2ccc3c(c2)C(=O)N2C[C@@H](NC(=O)Cc4cccs4)C[C@H]2C(=O)N3)cc1. The topological polar surface area (TPSA) is 78.5 Å². The van der Waals surface area contributed by atoms with Crippen LogP contribution in [-0.4, -0.2) is 47.0 Å². The van der Waals surface area contributed by atoms with Gasteiger partial charge in [0.15, 0.2) is 0 Å². The van der Waals surface area contributed by atoms with Gasteiger partial charge in [0.2, 0.25) is 11.8 Å². The molecule has 2 atom stereocenters. The van der Waals surface area contributed by atoms with Crippen molar-refractivity contribution >= 4 is 58.7 Å². The molecule has 2 aliphatic rings. The second kappa shape index (κ2) is 11.4. The lowest BCUT2D eigenvalue weighted by Crippen LogP contribution is -2.41. The number of hydrogen-bond donors (Lipinski definition) is 2. The van der Waals surface area contributed by atoms with E-state index in [0.29, 0.717) is 30.6 Å². The molecule has 1 aromatic heterocycles. The summed E-state index contributed by atoms with van der Waals surface area (Å²) in [5.74, 6) is 1.61. The maximum absolute atomic E-state index is 13.5. The van der Waals surface area contributed by atoms with Crippen molar-refractivity contribution in [2.75, 3.05) is 17.6 Å². The Kier molecular flexibility index (Phi) is 7.76. The summed E-state index contributed by atoms with van der Waals surface area (Å²) in [6, 6.07) is 17.0. The molecule has 0 saturated carbocycles. The first-order chi connectivity index (χ1) is 18.0. The van der Waals surface area contributed by atoms with Crippen molar-refractivity contribution in [1.29, 1.82) is 0 Å². The average Bonchev–Trinajstić information content (AvgIpc) is 3.55. The fraction of sp³-hybridized carbons (Fsp3) is 0.276. The molecule has 0 unspecified atom stereocenters. The first kappa shape index (κ1) is 25.3. The van der Waals surface area contributed by atoms with Crippen LogP contribution in [0.1, 0.15) is 45.3 Å². The predicted octanol–water partition coefficient (Wildman–Crippen LogP) is 5.07. The molecule has 2 aliphatic heterocycles. The number of amides is 3. The van der Waals surface area contributed by atoms with E-state index in [0.717, 1.165) is 27.5 Å². The Bertz CT molecular complexity index is 1320. The Balaban J connectivity index is 1.28. The molecular weight excluding hydrogens is 502 g/mol. The van der Waals surface area contributed by atoms with Gasteiger partial charge < -0.3 is 15.5 Å². The zero-order valence-electron chi connectivity index (χ0n) is 20.6. The van der Waals surface area contributed by atoms with E-state index in [1.807, 2.05) is 53.6 Å². The quantitative estimate of drug-likeness (QED) is 0.398. The van der Waals surface area contributed by atoms with Crippen LogP contribution < -0.4 is 10.6 Å². The molecule has 37 heavy (non-hydrogen) atoms. The van der Waals surface area contributed by atoms with Crippen molar-refractivity contribution in [2.45, 2.75) is 37.6 Å². The number of carbonyl (C=O) groups is 3. The number of nitrogens with one attached hydrogen (secondary N) is 2. The molecular formula is C29H29N3O3S2. The van der Waals surface area contributed by atoms with Crippen LogP contribution in [-0.2, 0) is 21.8 Å². The summed E-state index contributed by atoms with van der Waals surface area (Å²) >= 11 is 3.43. The minimum absolute atomic E-state index is 0.0945. The molecule has 0 bridgehead atoms. The highest BCUT2D eigenvalue weighted by molar-refractivity contribution is 7.98. The van der Waals surface area contributed by atoms with Crippen molar-refractivity contribution in [2.24, 2.45) is 0 Å². The lowest BCUT2D eigenvalue weighted by molar-refractivity contribution is -0.121.